The zero-order valence-electron chi connectivity index (χ0n) is 20.8. The lowest BCUT2D eigenvalue weighted by molar-refractivity contribution is 0.0874. The molecule has 4 amide bonds. The summed E-state index contributed by atoms with van der Waals surface area (Å²) < 4.78 is 0. The first-order chi connectivity index (χ1) is 19.5. The van der Waals surface area contributed by atoms with Crippen molar-refractivity contribution in [2.45, 2.75) is 0 Å². The molecule has 40 heavy (non-hydrogen) atoms. The number of fused-ring (bicyclic) bond motifs is 2. The molecule has 1 N–H and O–H groups in total. The van der Waals surface area contributed by atoms with Crippen LogP contribution in [-0.2, 0) is 0 Å². The third-order valence-corrected chi connectivity index (χ3v) is 7.10. The van der Waals surface area contributed by atoms with Gasteiger partial charge in [0.25, 0.3) is 23.6 Å². The molecule has 0 radical (unpaired) electrons. The molecule has 0 fully saturated rings. The normalized spacial score (nSPS) is 13.8. The minimum atomic E-state index is -0.457. The van der Waals surface area contributed by atoms with Gasteiger partial charge in [-0.25, -0.2) is 14.9 Å². The molecule has 0 saturated carbocycles. The SMILES string of the molecule is O=C1NC(=O)c2cc(-c3ccc4c(c3)C(=O)N(c3ccc(-c5ncc(-c6ccccc6)cn5)cc3)C4=O)ccc21. The highest BCUT2D eigenvalue weighted by Gasteiger charge is 2.37. The van der Waals surface area contributed by atoms with Crippen molar-refractivity contribution in [3.63, 3.8) is 0 Å². The lowest BCUT2D eigenvalue weighted by atomic mass is 9.97. The van der Waals surface area contributed by atoms with Gasteiger partial charge in [0.2, 0.25) is 0 Å². The number of anilines is 1. The van der Waals surface area contributed by atoms with Crippen LogP contribution in [0.3, 0.4) is 0 Å². The van der Waals surface area contributed by atoms with E-state index >= 15 is 0 Å². The second kappa shape index (κ2) is 8.92. The lowest BCUT2D eigenvalue weighted by Gasteiger charge is -2.14. The van der Waals surface area contributed by atoms with E-state index in [-0.39, 0.29) is 11.1 Å². The van der Waals surface area contributed by atoms with E-state index in [0.29, 0.717) is 33.8 Å². The predicted octanol–water partition coefficient (Wildman–Crippen LogP) is 5.16. The lowest BCUT2D eigenvalue weighted by Crippen LogP contribution is -2.29. The van der Waals surface area contributed by atoms with Crippen molar-refractivity contribution in [2.75, 3.05) is 4.90 Å². The quantitative estimate of drug-likeness (QED) is 0.327. The number of rotatable bonds is 4. The van der Waals surface area contributed by atoms with E-state index in [4.69, 9.17) is 0 Å². The Morgan fingerprint density at radius 1 is 0.500 bits per heavy atom. The molecule has 0 saturated heterocycles. The largest absolute Gasteiger partial charge is 0.288 e. The van der Waals surface area contributed by atoms with E-state index in [1.807, 2.05) is 30.3 Å². The van der Waals surface area contributed by atoms with E-state index in [1.54, 1.807) is 73.1 Å². The van der Waals surface area contributed by atoms with Crippen LogP contribution in [0.5, 0.6) is 0 Å². The van der Waals surface area contributed by atoms with Crippen LogP contribution in [-0.4, -0.2) is 33.6 Å². The highest BCUT2D eigenvalue weighted by atomic mass is 16.2. The van der Waals surface area contributed by atoms with Crippen molar-refractivity contribution in [1.29, 1.82) is 0 Å². The molecule has 0 bridgehead atoms. The van der Waals surface area contributed by atoms with Crippen LogP contribution in [0.25, 0.3) is 33.6 Å². The molecular formula is C32H18N4O4. The van der Waals surface area contributed by atoms with Gasteiger partial charge in [-0.05, 0) is 65.2 Å². The van der Waals surface area contributed by atoms with Gasteiger partial charge in [0.1, 0.15) is 0 Å². The number of carbonyl (C=O) groups is 4. The van der Waals surface area contributed by atoms with E-state index in [1.165, 1.54) is 0 Å². The van der Waals surface area contributed by atoms with Gasteiger partial charge >= 0.3 is 0 Å². The van der Waals surface area contributed by atoms with Crippen molar-refractivity contribution in [1.82, 2.24) is 15.3 Å². The van der Waals surface area contributed by atoms with E-state index < -0.39 is 23.6 Å². The summed E-state index contributed by atoms with van der Waals surface area (Å²) >= 11 is 0. The first-order valence-electron chi connectivity index (χ1n) is 12.5. The molecule has 190 valence electrons. The summed E-state index contributed by atoms with van der Waals surface area (Å²) in [5, 5.41) is 2.27. The van der Waals surface area contributed by atoms with E-state index in [9.17, 15) is 19.2 Å². The molecule has 0 unspecified atom stereocenters. The number of nitrogens with one attached hydrogen (secondary N) is 1. The third-order valence-electron chi connectivity index (χ3n) is 7.10. The van der Waals surface area contributed by atoms with Crippen LogP contribution >= 0.6 is 0 Å². The second-order valence-corrected chi connectivity index (χ2v) is 9.46. The number of benzene rings is 4. The smallest absolute Gasteiger partial charge is 0.266 e. The number of nitrogens with zero attached hydrogens (tertiary/aromatic N) is 3. The predicted molar refractivity (Wildman–Crippen MR) is 148 cm³/mol. The fourth-order valence-electron chi connectivity index (χ4n) is 5.02. The molecule has 2 aliphatic rings. The van der Waals surface area contributed by atoms with Gasteiger partial charge in [-0.1, -0.05) is 42.5 Å². The molecule has 8 heteroatoms. The van der Waals surface area contributed by atoms with Crippen LogP contribution in [0.4, 0.5) is 5.69 Å². The number of carbonyl (C=O) groups excluding carboxylic acids is 4. The van der Waals surface area contributed by atoms with Crippen molar-refractivity contribution in [3.05, 3.63) is 126 Å². The first kappa shape index (κ1) is 23.4. The molecule has 0 spiro atoms. The second-order valence-electron chi connectivity index (χ2n) is 9.46. The molecule has 4 aromatic carbocycles. The Kier molecular flexibility index (Phi) is 5.21. The summed E-state index contributed by atoms with van der Waals surface area (Å²) in [4.78, 5) is 60.6. The molecular weight excluding hydrogens is 504 g/mol. The van der Waals surface area contributed by atoms with Gasteiger partial charge in [0.05, 0.1) is 27.9 Å². The standard InChI is InChI=1S/C32H18N4O4/c37-29-24-12-8-20(14-26(24)30(38)35-29)21-9-13-25-27(15-21)32(40)36(31(25)39)23-10-6-19(7-11-23)28-33-16-22(17-34-28)18-4-2-1-3-5-18/h1-17H,(H,35,37,38). The van der Waals surface area contributed by atoms with Gasteiger partial charge in [-0.3, -0.25) is 24.5 Å². The highest BCUT2D eigenvalue weighted by Crippen LogP contribution is 2.33. The van der Waals surface area contributed by atoms with Crippen LogP contribution in [0, 0.1) is 0 Å². The maximum Gasteiger partial charge on any atom is 0.266 e. The number of hydrogen-bond acceptors (Lipinski definition) is 6. The molecule has 5 aromatic rings. The molecule has 0 atom stereocenters. The monoisotopic (exact) mass is 522 g/mol. The van der Waals surface area contributed by atoms with E-state index in [0.717, 1.165) is 21.6 Å². The summed E-state index contributed by atoms with van der Waals surface area (Å²) in [6.45, 7) is 0. The fourth-order valence-corrected chi connectivity index (χ4v) is 5.02. The van der Waals surface area contributed by atoms with Gasteiger partial charge in [-0.2, -0.15) is 0 Å². The van der Waals surface area contributed by atoms with Crippen molar-refractivity contribution < 1.29 is 19.2 Å². The van der Waals surface area contributed by atoms with Crippen LogP contribution in [0.1, 0.15) is 41.4 Å². The van der Waals surface area contributed by atoms with Crippen LogP contribution in [0.2, 0.25) is 0 Å². The minimum absolute atomic E-state index is 0.271. The maximum absolute atomic E-state index is 13.4. The van der Waals surface area contributed by atoms with Crippen LogP contribution < -0.4 is 10.2 Å². The Bertz CT molecular complexity index is 1880. The summed E-state index contributed by atoms with van der Waals surface area (Å²) in [6.07, 6.45) is 3.53. The zero-order valence-corrected chi connectivity index (χ0v) is 20.8. The Hall–Kier alpha value is -5.76. The Morgan fingerprint density at radius 2 is 1.07 bits per heavy atom. The van der Waals surface area contributed by atoms with Crippen molar-refractivity contribution >= 4 is 29.3 Å². The molecule has 7 rings (SSSR count). The van der Waals surface area contributed by atoms with Gasteiger partial charge in [0.15, 0.2) is 5.82 Å². The molecule has 8 nitrogen and oxygen atoms in total. The number of hydrogen-bond donors (Lipinski definition) is 1. The number of amides is 4. The minimum Gasteiger partial charge on any atom is -0.288 e. The van der Waals surface area contributed by atoms with E-state index in [2.05, 4.69) is 15.3 Å². The van der Waals surface area contributed by atoms with Crippen molar-refractivity contribution in [3.8, 4) is 33.6 Å². The molecule has 3 heterocycles. The van der Waals surface area contributed by atoms with Gasteiger partial charge in [-0.15, -0.1) is 0 Å². The summed E-state index contributed by atoms with van der Waals surface area (Å²) in [6, 6.07) is 26.7. The molecule has 2 aliphatic heterocycles. The average Bonchev–Trinajstić information content (AvgIpc) is 3.43. The number of aromatic nitrogens is 2. The summed E-state index contributed by atoms with van der Waals surface area (Å²) in [7, 11) is 0. The summed E-state index contributed by atoms with van der Waals surface area (Å²) in [5.74, 6) is -1.21. The van der Waals surface area contributed by atoms with Gasteiger partial charge < -0.3 is 0 Å². The Labute approximate surface area is 228 Å². The Morgan fingerprint density at radius 3 is 1.77 bits per heavy atom. The van der Waals surface area contributed by atoms with Gasteiger partial charge in [0, 0.05) is 23.5 Å². The average molecular weight is 523 g/mol. The van der Waals surface area contributed by atoms with Crippen molar-refractivity contribution in [2.24, 2.45) is 0 Å². The molecule has 0 aliphatic carbocycles. The molecule has 1 aromatic heterocycles. The first-order valence-corrected chi connectivity index (χ1v) is 12.5. The highest BCUT2D eigenvalue weighted by molar-refractivity contribution is 6.34. The zero-order chi connectivity index (χ0) is 27.4. The Balaban J connectivity index is 1.15. The third kappa shape index (κ3) is 3.70. The number of imide groups is 2. The summed E-state index contributed by atoms with van der Waals surface area (Å²) in [5.41, 5.74) is 5.60. The topological polar surface area (TPSA) is 109 Å². The van der Waals surface area contributed by atoms with Crippen LogP contribution in [0.15, 0.2) is 103 Å². The fraction of sp³-hybridized carbons (Fsp3) is 0. The maximum atomic E-state index is 13.4.